The lowest BCUT2D eigenvalue weighted by molar-refractivity contribution is -0.133. The lowest BCUT2D eigenvalue weighted by Gasteiger charge is -2.26. The number of benzene rings is 8. The fourth-order valence-electron chi connectivity index (χ4n) is 7.13. The summed E-state index contributed by atoms with van der Waals surface area (Å²) in [6.07, 6.45) is 2.68. The molecule has 0 aliphatic carbocycles. The van der Waals surface area contributed by atoms with Gasteiger partial charge in [0.15, 0.2) is 0 Å². The van der Waals surface area contributed by atoms with Crippen molar-refractivity contribution in [2.45, 2.75) is 0 Å². The van der Waals surface area contributed by atoms with Crippen LogP contribution in [0.4, 0.5) is 34.1 Å². The topological polar surface area (TPSA) is 147 Å². The van der Waals surface area contributed by atoms with Crippen molar-refractivity contribution in [2.75, 3.05) is 9.80 Å². The number of nitrogens with zero attached hydrogens (tertiary/aromatic N) is 4. The van der Waals surface area contributed by atoms with Crippen LogP contribution in [0.25, 0.3) is 23.3 Å². The number of rotatable bonds is 15. The van der Waals surface area contributed by atoms with Crippen LogP contribution in [0.2, 0.25) is 0 Å². The largest absolute Gasteiger partial charge is 0.477 e. The Hall–Kier alpha value is -9.64. The van der Waals surface area contributed by atoms with Crippen LogP contribution in [-0.2, 0) is 9.59 Å². The molecule has 0 heterocycles. The first-order valence-corrected chi connectivity index (χ1v) is 20.6. The number of aliphatic carboxylic acids is 2. The van der Waals surface area contributed by atoms with Gasteiger partial charge in [0.2, 0.25) is 0 Å². The molecule has 0 bridgehead atoms. The Bertz CT molecular complexity index is 2890. The Labute approximate surface area is 381 Å². The molecule has 0 spiro atoms. The first-order valence-electron chi connectivity index (χ1n) is 20.6. The van der Waals surface area contributed by atoms with Crippen LogP contribution in [-0.4, -0.2) is 22.2 Å². The van der Waals surface area contributed by atoms with Crippen LogP contribution in [0.3, 0.4) is 0 Å². The summed E-state index contributed by atoms with van der Waals surface area (Å²) >= 11 is 0. The average molecular weight is 863 g/mol. The minimum absolute atomic E-state index is 0.356. The van der Waals surface area contributed by atoms with Crippen molar-refractivity contribution >= 4 is 58.2 Å². The number of anilines is 6. The molecule has 0 aliphatic rings. The number of carboxylic acid groups (broad SMARTS) is 2. The second-order valence-electron chi connectivity index (χ2n) is 14.7. The van der Waals surface area contributed by atoms with E-state index in [2.05, 4.69) is 34.1 Å². The van der Waals surface area contributed by atoms with Gasteiger partial charge in [0.25, 0.3) is 0 Å². The predicted molar refractivity (Wildman–Crippen MR) is 257 cm³/mol. The zero-order chi connectivity index (χ0) is 45.8. The second kappa shape index (κ2) is 20.0. The summed E-state index contributed by atoms with van der Waals surface area (Å²) in [5.74, 6) is 0.218. The van der Waals surface area contributed by atoms with Gasteiger partial charge in [0.05, 0.1) is 0 Å². The molecule has 0 radical (unpaired) electrons. The number of carboxylic acids is 2. The van der Waals surface area contributed by atoms with Crippen LogP contribution in [0.5, 0.6) is 23.0 Å². The monoisotopic (exact) mass is 862 g/mol. The molecule has 0 aliphatic heterocycles. The van der Waals surface area contributed by atoms with Gasteiger partial charge in [0, 0.05) is 34.1 Å². The molecule has 10 heteroatoms. The van der Waals surface area contributed by atoms with Gasteiger partial charge in [-0.25, -0.2) is 9.59 Å². The molecule has 318 valence electrons. The molecular weight excluding hydrogens is 825 g/mol. The summed E-state index contributed by atoms with van der Waals surface area (Å²) in [6, 6.07) is 69.0. The van der Waals surface area contributed by atoms with Crippen LogP contribution in [0.15, 0.2) is 217 Å². The van der Waals surface area contributed by atoms with Crippen LogP contribution in [0.1, 0.15) is 11.1 Å². The lowest BCUT2D eigenvalue weighted by Crippen LogP contribution is -2.10. The molecule has 0 atom stereocenters. The SMILES string of the molecule is N#C/C(=C\c1ccc(N(c2ccc(Oc3ccccc3)cc2)c2ccc(-c3ccc(N(c4ccc(/C=C(\C#N)C(=O)O)cc4)c4ccc(Oc5ccccc5)cc4)cc3)cc2)cc1)C(=O)O. The molecule has 66 heavy (non-hydrogen) atoms. The van der Waals surface area contributed by atoms with E-state index >= 15 is 0 Å². The minimum Gasteiger partial charge on any atom is -0.477 e. The summed E-state index contributed by atoms with van der Waals surface area (Å²) in [5.41, 5.74) is 7.47. The van der Waals surface area contributed by atoms with E-state index < -0.39 is 11.9 Å². The highest BCUT2D eigenvalue weighted by Gasteiger charge is 2.17. The van der Waals surface area contributed by atoms with Crippen LogP contribution >= 0.6 is 0 Å². The van der Waals surface area contributed by atoms with Gasteiger partial charge in [-0.1, -0.05) is 84.9 Å². The van der Waals surface area contributed by atoms with E-state index in [4.69, 9.17) is 9.47 Å². The summed E-state index contributed by atoms with van der Waals surface area (Å²) in [4.78, 5) is 27.1. The molecule has 2 N–H and O–H groups in total. The zero-order valence-corrected chi connectivity index (χ0v) is 35.1. The number of hydrogen-bond donors (Lipinski definition) is 2. The van der Waals surface area contributed by atoms with E-state index in [1.807, 2.05) is 158 Å². The number of nitriles is 2. The van der Waals surface area contributed by atoms with Gasteiger partial charge in [-0.2, -0.15) is 10.5 Å². The Balaban J connectivity index is 1.09. The summed E-state index contributed by atoms with van der Waals surface area (Å²) in [5, 5.41) is 37.4. The van der Waals surface area contributed by atoms with E-state index in [0.717, 1.165) is 56.8 Å². The fourth-order valence-corrected chi connectivity index (χ4v) is 7.13. The molecule has 10 nitrogen and oxygen atoms in total. The molecule has 8 aromatic rings. The van der Waals surface area contributed by atoms with Crippen molar-refractivity contribution < 1.29 is 29.3 Å². The van der Waals surface area contributed by atoms with Gasteiger partial charge < -0.3 is 29.5 Å². The van der Waals surface area contributed by atoms with Gasteiger partial charge in [-0.3, -0.25) is 0 Å². The maximum absolute atomic E-state index is 11.5. The van der Waals surface area contributed by atoms with E-state index in [-0.39, 0.29) is 11.1 Å². The normalized spacial score (nSPS) is 11.1. The first-order chi connectivity index (χ1) is 32.2. The maximum atomic E-state index is 11.5. The van der Waals surface area contributed by atoms with Crippen molar-refractivity contribution in [1.82, 2.24) is 0 Å². The van der Waals surface area contributed by atoms with Crippen LogP contribution in [0, 0.1) is 22.7 Å². The maximum Gasteiger partial charge on any atom is 0.346 e. The Morgan fingerprint density at radius 2 is 0.636 bits per heavy atom. The van der Waals surface area contributed by atoms with Gasteiger partial charge in [-0.05, 0) is 156 Å². The van der Waals surface area contributed by atoms with Gasteiger partial charge in [-0.15, -0.1) is 0 Å². The molecule has 8 aromatic carbocycles. The fraction of sp³-hybridized carbons (Fsp3) is 0. The summed E-state index contributed by atoms with van der Waals surface area (Å²) in [6.45, 7) is 0. The third-order valence-corrected chi connectivity index (χ3v) is 10.4. The molecule has 0 amide bonds. The second-order valence-corrected chi connectivity index (χ2v) is 14.7. The zero-order valence-electron chi connectivity index (χ0n) is 35.1. The third-order valence-electron chi connectivity index (χ3n) is 10.4. The smallest absolute Gasteiger partial charge is 0.346 e. The van der Waals surface area contributed by atoms with Crippen molar-refractivity contribution in [3.63, 3.8) is 0 Å². The standard InChI is InChI=1S/C56H38N4O6/c57-37-43(55(61)62)35-39-11-19-45(20-12-39)59(49-27-31-53(32-28-49)65-51-7-3-1-4-8-51)47-23-15-41(16-24-47)42-17-25-48(26-18-42)60(46-21-13-40(14-22-46)36-44(38-58)56(63)64)50-29-33-54(34-30-50)66-52-9-5-2-6-10-52/h1-36H,(H,61,62)(H,63,64)/b43-35+,44-36+. The highest BCUT2D eigenvalue weighted by molar-refractivity contribution is 5.97. The molecule has 0 saturated carbocycles. The predicted octanol–water partition coefficient (Wildman–Crippen LogP) is 13.9. The first kappa shape index (κ1) is 43.0. The highest BCUT2D eigenvalue weighted by atomic mass is 16.5. The van der Waals surface area contributed by atoms with E-state index in [1.165, 1.54) is 12.2 Å². The van der Waals surface area contributed by atoms with E-state index in [9.17, 15) is 30.3 Å². The minimum atomic E-state index is -1.29. The van der Waals surface area contributed by atoms with Crippen LogP contribution < -0.4 is 19.3 Å². The third kappa shape index (κ3) is 10.3. The number of hydrogen-bond acceptors (Lipinski definition) is 8. The molecular formula is C56H38N4O6. The Morgan fingerprint density at radius 3 is 0.909 bits per heavy atom. The highest BCUT2D eigenvalue weighted by Crippen LogP contribution is 2.40. The number of para-hydroxylation sites is 2. The Kier molecular flexibility index (Phi) is 13.1. The van der Waals surface area contributed by atoms with Gasteiger partial charge >= 0.3 is 11.9 Å². The summed E-state index contributed by atoms with van der Waals surface area (Å²) < 4.78 is 12.1. The molecule has 0 aromatic heterocycles. The van der Waals surface area contributed by atoms with E-state index in [1.54, 1.807) is 36.4 Å². The quantitative estimate of drug-likeness (QED) is 0.0754. The molecule has 0 unspecified atom stereocenters. The van der Waals surface area contributed by atoms with Crippen molar-refractivity contribution in [3.8, 4) is 46.3 Å². The van der Waals surface area contributed by atoms with E-state index in [0.29, 0.717) is 22.6 Å². The van der Waals surface area contributed by atoms with Crippen molar-refractivity contribution in [3.05, 3.63) is 229 Å². The molecule has 0 saturated heterocycles. The number of ether oxygens (including phenoxy) is 2. The van der Waals surface area contributed by atoms with Crippen molar-refractivity contribution in [2.24, 2.45) is 0 Å². The van der Waals surface area contributed by atoms with Crippen molar-refractivity contribution in [1.29, 1.82) is 10.5 Å². The summed E-state index contributed by atoms with van der Waals surface area (Å²) in [7, 11) is 0. The average Bonchev–Trinajstić information content (AvgIpc) is 3.35. The van der Waals surface area contributed by atoms with Gasteiger partial charge in [0.1, 0.15) is 46.3 Å². The molecule has 8 rings (SSSR count). The lowest BCUT2D eigenvalue weighted by atomic mass is 10.0. The number of carbonyl (C=O) groups is 2. The Morgan fingerprint density at radius 1 is 0.379 bits per heavy atom. The molecule has 0 fully saturated rings.